The lowest BCUT2D eigenvalue weighted by molar-refractivity contribution is 0.889. The predicted molar refractivity (Wildman–Crippen MR) is 92.1 cm³/mol. The molecular weight excluding hydrogens is 286 g/mol. The van der Waals surface area contributed by atoms with Crippen molar-refractivity contribution in [1.82, 2.24) is 15.0 Å². The number of anilines is 2. The molecule has 0 radical (unpaired) electrons. The monoisotopic (exact) mass is 305 g/mol. The third kappa shape index (κ3) is 4.26. The van der Waals surface area contributed by atoms with Gasteiger partial charge in [0.25, 0.3) is 0 Å². The van der Waals surface area contributed by atoms with Crippen LogP contribution >= 0.6 is 0 Å². The van der Waals surface area contributed by atoms with E-state index in [9.17, 15) is 0 Å². The molecule has 0 saturated heterocycles. The van der Waals surface area contributed by atoms with E-state index in [-0.39, 0.29) is 0 Å². The fourth-order valence-corrected chi connectivity index (χ4v) is 2.27. The molecule has 0 fully saturated rings. The normalized spacial score (nSPS) is 10.3. The van der Waals surface area contributed by atoms with Crippen molar-refractivity contribution in [2.75, 3.05) is 17.3 Å². The van der Waals surface area contributed by atoms with Crippen LogP contribution < -0.4 is 10.2 Å². The summed E-state index contributed by atoms with van der Waals surface area (Å²) >= 11 is 0. The summed E-state index contributed by atoms with van der Waals surface area (Å²) in [5.74, 6) is 1.67. The van der Waals surface area contributed by atoms with E-state index in [0.717, 1.165) is 23.9 Å². The summed E-state index contributed by atoms with van der Waals surface area (Å²) in [4.78, 5) is 15.0. The van der Waals surface area contributed by atoms with E-state index in [1.165, 1.54) is 5.56 Å². The standard InChI is InChI=1S/C18H19N5/c1-23(13-15-7-3-2-4-8-15)18-11-17(21-14-22-18)20-12-16-9-5-6-10-19-16/h2-11,14H,12-13H2,1H3,(H,20,21,22). The van der Waals surface area contributed by atoms with Gasteiger partial charge in [0.05, 0.1) is 12.2 Å². The molecule has 0 aliphatic rings. The number of nitrogens with one attached hydrogen (secondary N) is 1. The summed E-state index contributed by atoms with van der Waals surface area (Å²) < 4.78 is 0. The molecule has 0 aliphatic heterocycles. The molecule has 1 aromatic carbocycles. The van der Waals surface area contributed by atoms with Crippen molar-refractivity contribution in [2.45, 2.75) is 13.1 Å². The molecule has 0 unspecified atom stereocenters. The van der Waals surface area contributed by atoms with Crippen molar-refractivity contribution in [1.29, 1.82) is 0 Å². The molecule has 2 heterocycles. The van der Waals surface area contributed by atoms with Crippen molar-refractivity contribution < 1.29 is 0 Å². The van der Waals surface area contributed by atoms with Gasteiger partial charge < -0.3 is 10.2 Å². The summed E-state index contributed by atoms with van der Waals surface area (Å²) in [5.41, 5.74) is 2.22. The number of benzene rings is 1. The van der Waals surface area contributed by atoms with E-state index in [1.807, 2.05) is 49.5 Å². The maximum atomic E-state index is 4.35. The number of aromatic nitrogens is 3. The number of hydrogen-bond donors (Lipinski definition) is 1. The Balaban J connectivity index is 1.64. The molecule has 0 aliphatic carbocycles. The van der Waals surface area contributed by atoms with Gasteiger partial charge in [-0.3, -0.25) is 4.98 Å². The highest BCUT2D eigenvalue weighted by molar-refractivity contribution is 5.48. The smallest absolute Gasteiger partial charge is 0.134 e. The lowest BCUT2D eigenvalue weighted by Gasteiger charge is -2.18. The van der Waals surface area contributed by atoms with Crippen LogP contribution in [0.3, 0.4) is 0 Å². The Morgan fingerprint density at radius 3 is 2.57 bits per heavy atom. The van der Waals surface area contributed by atoms with Crippen LogP contribution in [0.25, 0.3) is 0 Å². The molecule has 3 rings (SSSR count). The summed E-state index contributed by atoms with van der Waals surface area (Å²) in [6.45, 7) is 1.44. The Morgan fingerprint density at radius 2 is 1.78 bits per heavy atom. The van der Waals surface area contributed by atoms with Crippen LogP contribution in [0, 0.1) is 0 Å². The van der Waals surface area contributed by atoms with Gasteiger partial charge in [-0.05, 0) is 17.7 Å². The number of hydrogen-bond acceptors (Lipinski definition) is 5. The topological polar surface area (TPSA) is 53.9 Å². The predicted octanol–water partition coefficient (Wildman–Crippen LogP) is 3.12. The molecule has 0 saturated carbocycles. The van der Waals surface area contributed by atoms with Crippen molar-refractivity contribution in [3.8, 4) is 0 Å². The van der Waals surface area contributed by atoms with E-state index >= 15 is 0 Å². The van der Waals surface area contributed by atoms with Crippen molar-refractivity contribution in [3.63, 3.8) is 0 Å². The third-order valence-electron chi connectivity index (χ3n) is 3.48. The average Bonchev–Trinajstić information content (AvgIpc) is 2.62. The van der Waals surface area contributed by atoms with Gasteiger partial charge >= 0.3 is 0 Å². The Hall–Kier alpha value is -2.95. The molecule has 23 heavy (non-hydrogen) atoms. The molecule has 0 spiro atoms. The minimum absolute atomic E-state index is 0.639. The van der Waals surface area contributed by atoms with Crippen molar-refractivity contribution >= 4 is 11.6 Å². The quantitative estimate of drug-likeness (QED) is 0.758. The highest BCUT2D eigenvalue weighted by Crippen LogP contribution is 2.15. The van der Waals surface area contributed by atoms with E-state index in [0.29, 0.717) is 6.54 Å². The van der Waals surface area contributed by atoms with Crippen LogP contribution in [0.15, 0.2) is 67.1 Å². The SMILES string of the molecule is CN(Cc1ccccc1)c1cc(NCc2ccccn2)ncn1. The molecule has 0 atom stereocenters. The molecule has 3 aromatic rings. The van der Waals surface area contributed by atoms with Gasteiger partial charge in [-0.1, -0.05) is 36.4 Å². The van der Waals surface area contributed by atoms with Gasteiger partial charge in [0.1, 0.15) is 18.0 Å². The fraction of sp³-hybridized carbons (Fsp3) is 0.167. The highest BCUT2D eigenvalue weighted by atomic mass is 15.2. The Morgan fingerprint density at radius 1 is 0.957 bits per heavy atom. The van der Waals surface area contributed by atoms with Crippen molar-refractivity contribution in [3.05, 3.63) is 78.4 Å². The maximum absolute atomic E-state index is 4.35. The third-order valence-corrected chi connectivity index (χ3v) is 3.48. The van der Waals surface area contributed by atoms with Crippen LogP contribution in [0.2, 0.25) is 0 Å². The first-order valence-corrected chi connectivity index (χ1v) is 7.52. The van der Waals surface area contributed by atoms with Gasteiger partial charge in [0.15, 0.2) is 0 Å². The minimum atomic E-state index is 0.639. The lowest BCUT2D eigenvalue weighted by Crippen LogP contribution is -2.18. The minimum Gasteiger partial charge on any atom is -0.364 e. The van der Waals surface area contributed by atoms with Crippen LogP contribution in [0.1, 0.15) is 11.3 Å². The van der Waals surface area contributed by atoms with Gasteiger partial charge in [-0.2, -0.15) is 0 Å². The van der Waals surface area contributed by atoms with E-state index in [4.69, 9.17) is 0 Å². The molecule has 2 aromatic heterocycles. The van der Waals surface area contributed by atoms with Gasteiger partial charge in [-0.25, -0.2) is 9.97 Å². The first kappa shape index (κ1) is 15.0. The molecular formula is C18H19N5. The van der Waals surface area contributed by atoms with Gasteiger partial charge in [0.2, 0.25) is 0 Å². The Bertz CT molecular complexity index is 731. The summed E-state index contributed by atoms with van der Waals surface area (Å²) in [5, 5.41) is 3.28. The Labute approximate surface area is 136 Å². The van der Waals surface area contributed by atoms with Crippen LogP contribution in [-0.2, 0) is 13.1 Å². The van der Waals surface area contributed by atoms with E-state index in [2.05, 4.69) is 37.3 Å². The van der Waals surface area contributed by atoms with Gasteiger partial charge in [0, 0.05) is 25.9 Å². The molecule has 0 amide bonds. The van der Waals surface area contributed by atoms with Crippen LogP contribution in [-0.4, -0.2) is 22.0 Å². The average molecular weight is 305 g/mol. The zero-order valence-electron chi connectivity index (χ0n) is 13.1. The van der Waals surface area contributed by atoms with E-state index in [1.54, 1.807) is 12.5 Å². The molecule has 5 nitrogen and oxygen atoms in total. The van der Waals surface area contributed by atoms with Crippen LogP contribution in [0.5, 0.6) is 0 Å². The van der Waals surface area contributed by atoms with Gasteiger partial charge in [-0.15, -0.1) is 0 Å². The second-order valence-electron chi connectivity index (χ2n) is 5.28. The molecule has 5 heteroatoms. The highest BCUT2D eigenvalue weighted by Gasteiger charge is 2.05. The fourth-order valence-electron chi connectivity index (χ4n) is 2.27. The molecule has 1 N–H and O–H groups in total. The van der Waals surface area contributed by atoms with Crippen LogP contribution in [0.4, 0.5) is 11.6 Å². The second kappa shape index (κ2) is 7.35. The summed E-state index contributed by atoms with van der Waals surface area (Å²) in [6.07, 6.45) is 3.37. The lowest BCUT2D eigenvalue weighted by atomic mass is 10.2. The maximum Gasteiger partial charge on any atom is 0.134 e. The largest absolute Gasteiger partial charge is 0.364 e. The first-order valence-electron chi connectivity index (χ1n) is 7.52. The Kier molecular flexibility index (Phi) is 4.79. The number of pyridine rings is 1. The molecule has 116 valence electrons. The van der Waals surface area contributed by atoms with Crippen molar-refractivity contribution in [2.24, 2.45) is 0 Å². The zero-order chi connectivity index (χ0) is 15.9. The number of nitrogens with zero attached hydrogens (tertiary/aromatic N) is 4. The summed E-state index contributed by atoms with van der Waals surface area (Å²) in [7, 11) is 2.03. The summed E-state index contributed by atoms with van der Waals surface area (Å²) in [6, 6.07) is 18.1. The van der Waals surface area contributed by atoms with E-state index < -0.39 is 0 Å². The number of rotatable bonds is 6. The zero-order valence-corrected chi connectivity index (χ0v) is 13.1. The molecule has 0 bridgehead atoms. The second-order valence-corrected chi connectivity index (χ2v) is 5.28. The first-order chi connectivity index (χ1) is 11.3.